The van der Waals surface area contributed by atoms with Crippen molar-refractivity contribution in [3.8, 4) is 11.5 Å². The van der Waals surface area contributed by atoms with Gasteiger partial charge in [-0.25, -0.2) is 0 Å². The van der Waals surface area contributed by atoms with Gasteiger partial charge >= 0.3 is 0 Å². The predicted octanol–water partition coefficient (Wildman–Crippen LogP) is 0.508. The Hall–Kier alpha value is -1.59. The molecule has 5 nitrogen and oxygen atoms in total. The van der Waals surface area contributed by atoms with E-state index in [4.69, 9.17) is 14.2 Å². The second kappa shape index (κ2) is 6.49. The van der Waals surface area contributed by atoms with Gasteiger partial charge in [-0.05, 0) is 30.5 Å². The third kappa shape index (κ3) is 3.08. The van der Waals surface area contributed by atoms with E-state index in [0.29, 0.717) is 13.2 Å². The Morgan fingerprint density at radius 1 is 1.04 bits per heavy atom. The highest BCUT2D eigenvalue weighted by molar-refractivity contribution is 6.01. The lowest BCUT2D eigenvalue weighted by Gasteiger charge is -2.30. The van der Waals surface area contributed by atoms with E-state index in [9.17, 15) is 4.79 Å². The number of ether oxygens (including phenoxy) is 3. The molecule has 0 bridgehead atoms. The largest absolute Gasteiger partial charge is 0.490 e. The lowest BCUT2D eigenvalue weighted by molar-refractivity contribution is -0.910. The molecular formula is C18H24NO4+. The molecule has 5 heteroatoms. The zero-order chi connectivity index (χ0) is 15.6. The first kappa shape index (κ1) is 15.0. The number of rotatable bonds is 2. The molecule has 0 aromatic heterocycles. The van der Waals surface area contributed by atoms with Crippen LogP contribution in [0.15, 0.2) is 12.1 Å². The molecule has 1 saturated heterocycles. The molecule has 1 atom stereocenters. The molecule has 23 heavy (non-hydrogen) atoms. The second-order valence-electron chi connectivity index (χ2n) is 6.67. The number of aryl methyl sites for hydroxylation is 1. The van der Waals surface area contributed by atoms with Crippen LogP contribution in [0.3, 0.4) is 0 Å². The van der Waals surface area contributed by atoms with Crippen molar-refractivity contribution in [2.75, 3.05) is 46.1 Å². The minimum Gasteiger partial charge on any atom is -0.490 e. The molecule has 0 radical (unpaired) electrons. The summed E-state index contributed by atoms with van der Waals surface area (Å²) < 4.78 is 16.9. The zero-order valence-corrected chi connectivity index (χ0v) is 13.4. The van der Waals surface area contributed by atoms with Crippen LogP contribution in [0.1, 0.15) is 28.8 Å². The van der Waals surface area contributed by atoms with Gasteiger partial charge < -0.3 is 19.1 Å². The maximum Gasteiger partial charge on any atom is 0.171 e. The highest BCUT2D eigenvalue weighted by atomic mass is 16.5. The SMILES string of the molecule is O=C1c2cc3c(cc2CC[C@H]1C[NH+]1CCOCC1)OCCCO3. The van der Waals surface area contributed by atoms with Crippen molar-refractivity contribution >= 4 is 5.78 Å². The summed E-state index contributed by atoms with van der Waals surface area (Å²) in [5, 5.41) is 0. The second-order valence-corrected chi connectivity index (χ2v) is 6.67. The molecule has 3 aliphatic rings. The van der Waals surface area contributed by atoms with Crippen molar-refractivity contribution in [2.45, 2.75) is 19.3 Å². The number of morpholine rings is 1. The number of ketones is 1. The molecule has 2 heterocycles. The van der Waals surface area contributed by atoms with E-state index in [1.54, 1.807) is 0 Å². The summed E-state index contributed by atoms with van der Waals surface area (Å²) in [6, 6.07) is 3.94. The highest BCUT2D eigenvalue weighted by Crippen LogP contribution is 2.36. The van der Waals surface area contributed by atoms with Crippen molar-refractivity contribution in [2.24, 2.45) is 5.92 Å². The average Bonchev–Trinajstić information content (AvgIpc) is 2.82. The van der Waals surface area contributed by atoms with Gasteiger partial charge in [0.1, 0.15) is 13.1 Å². The van der Waals surface area contributed by atoms with Gasteiger partial charge in [0.2, 0.25) is 0 Å². The Bertz CT molecular complexity index is 595. The smallest absolute Gasteiger partial charge is 0.171 e. The van der Waals surface area contributed by atoms with Crippen LogP contribution < -0.4 is 14.4 Å². The topological polar surface area (TPSA) is 49.2 Å². The van der Waals surface area contributed by atoms with E-state index >= 15 is 0 Å². The normalized spacial score (nSPS) is 24.9. The van der Waals surface area contributed by atoms with Crippen molar-refractivity contribution in [1.82, 2.24) is 0 Å². The van der Waals surface area contributed by atoms with Crippen LogP contribution in [0.25, 0.3) is 0 Å². The maximum absolute atomic E-state index is 12.9. The molecule has 0 unspecified atom stereocenters. The number of carbonyl (C=O) groups excluding carboxylic acids is 1. The van der Waals surface area contributed by atoms with Crippen molar-refractivity contribution in [3.05, 3.63) is 23.3 Å². The van der Waals surface area contributed by atoms with E-state index in [1.165, 1.54) is 4.90 Å². The Balaban J connectivity index is 1.54. The number of benzene rings is 1. The number of quaternary nitrogens is 1. The molecule has 4 rings (SSSR count). The molecule has 0 amide bonds. The van der Waals surface area contributed by atoms with Crippen LogP contribution in [-0.2, 0) is 11.2 Å². The van der Waals surface area contributed by atoms with Gasteiger partial charge in [-0.2, -0.15) is 0 Å². The molecular weight excluding hydrogens is 294 g/mol. The summed E-state index contributed by atoms with van der Waals surface area (Å²) in [5.74, 6) is 1.93. The molecule has 2 aliphatic heterocycles. The monoisotopic (exact) mass is 318 g/mol. The number of fused-ring (bicyclic) bond motifs is 2. The Morgan fingerprint density at radius 3 is 2.57 bits per heavy atom. The van der Waals surface area contributed by atoms with Crippen molar-refractivity contribution in [1.29, 1.82) is 0 Å². The quantitative estimate of drug-likeness (QED) is 0.863. The van der Waals surface area contributed by atoms with Crippen LogP contribution in [0.4, 0.5) is 0 Å². The van der Waals surface area contributed by atoms with E-state index < -0.39 is 0 Å². The molecule has 1 fully saturated rings. The maximum atomic E-state index is 12.9. The number of hydrogen-bond acceptors (Lipinski definition) is 4. The van der Waals surface area contributed by atoms with Gasteiger partial charge in [0.15, 0.2) is 17.3 Å². The van der Waals surface area contributed by atoms with E-state index in [1.807, 2.05) is 12.1 Å². The first-order valence-electron chi connectivity index (χ1n) is 8.69. The summed E-state index contributed by atoms with van der Waals surface area (Å²) in [6.45, 7) is 5.91. The minimum atomic E-state index is 0.125. The van der Waals surface area contributed by atoms with E-state index in [2.05, 4.69) is 0 Å². The van der Waals surface area contributed by atoms with Crippen molar-refractivity contribution < 1.29 is 23.9 Å². The molecule has 1 aromatic rings. The van der Waals surface area contributed by atoms with Crippen LogP contribution in [0.2, 0.25) is 0 Å². The lowest BCUT2D eigenvalue weighted by Crippen LogP contribution is -3.14. The third-order valence-electron chi connectivity index (χ3n) is 5.11. The summed E-state index contributed by atoms with van der Waals surface area (Å²) >= 11 is 0. The van der Waals surface area contributed by atoms with Gasteiger partial charge in [0.05, 0.1) is 38.9 Å². The molecule has 1 aliphatic carbocycles. The molecule has 1 aromatic carbocycles. The first-order valence-corrected chi connectivity index (χ1v) is 8.69. The van der Waals surface area contributed by atoms with E-state index in [0.717, 1.165) is 74.7 Å². The zero-order valence-electron chi connectivity index (χ0n) is 13.4. The number of carbonyl (C=O) groups is 1. The van der Waals surface area contributed by atoms with Gasteiger partial charge in [-0.1, -0.05) is 0 Å². The summed E-state index contributed by atoms with van der Waals surface area (Å²) in [6.07, 6.45) is 2.78. The van der Waals surface area contributed by atoms with E-state index in [-0.39, 0.29) is 11.7 Å². The van der Waals surface area contributed by atoms with Crippen molar-refractivity contribution in [3.63, 3.8) is 0 Å². The van der Waals surface area contributed by atoms with Gasteiger partial charge in [-0.3, -0.25) is 4.79 Å². The fraction of sp³-hybridized carbons (Fsp3) is 0.611. The van der Waals surface area contributed by atoms with Crippen LogP contribution in [0, 0.1) is 5.92 Å². The molecule has 0 spiro atoms. The summed E-state index contributed by atoms with van der Waals surface area (Å²) in [7, 11) is 0. The molecule has 1 N–H and O–H groups in total. The van der Waals surface area contributed by atoms with Crippen LogP contribution in [0.5, 0.6) is 11.5 Å². The minimum absolute atomic E-state index is 0.125. The first-order chi connectivity index (χ1) is 11.3. The third-order valence-corrected chi connectivity index (χ3v) is 5.11. The fourth-order valence-electron chi connectivity index (χ4n) is 3.78. The average molecular weight is 318 g/mol. The Kier molecular flexibility index (Phi) is 4.23. The Labute approximate surface area is 136 Å². The molecule has 124 valence electrons. The number of nitrogens with one attached hydrogen (secondary N) is 1. The van der Waals surface area contributed by atoms with Crippen LogP contribution in [-0.4, -0.2) is 51.8 Å². The summed E-state index contributed by atoms with van der Waals surface area (Å²) in [4.78, 5) is 14.4. The predicted molar refractivity (Wildman–Crippen MR) is 84.6 cm³/mol. The molecule has 0 saturated carbocycles. The van der Waals surface area contributed by atoms with Crippen LogP contribution >= 0.6 is 0 Å². The summed E-state index contributed by atoms with van der Waals surface area (Å²) in [5.41, 5.74) is 1.96. The van der Waals surface area contributed by atoms with Gasteiger partial charge in [0.25, 0.3) is 0 Å². The highest BCUT2D eigenvalue weighted by Gasteiger charge is 2.32. The standard InChI is InChI=1S/C18H23NO4/c20-18-14(12-19-4-8-21-9-5-19)3-2-13-10-16-17(11-15(13)18)23-7-1-6-22-16/h10-11,14H,1-9,12H2/p+1/t14-/m0/s1. The lowest BCUT2D eigenvalue weighted by atomic mass is 9.82. The number of hydrogen-bond donors (Lipinski definition) is 1. The van der Waals surface area contributed by atoms with Gasteiger partial charge in [0, 0.05) is 12.0 Å². The number of Topliss-reactive ketones (excluding diaryl/α,β-unsaturated/α-hetero) is 1. The fourth-order valence-corrected chi connectivity index (χ4v) is 3.78. The van der Waals surface area contributed by atoms with Gasteiger partial charge in [-0.15, -0.1) is 0 Å². The Morgan fingerprint density at radius 2 is 1.78 bits per heavy atom.